The van der Waals surface area contributed by atoms with Crippen LogP contribution in [0.5, 0.6) is 0 Å². The van der Waals surface area contributed by atoms with E-state index in [9.17, 15) is 13.2 Å². The Labute approximate surface area is 80.1 Å². The lowest BCUT2D eigenvalue weighted by Gasteiger charge is -2.01. The molecule has 0 saturated carbocycles. The SMILES string of the molecule is CC.OB(O)c1cc(F)cc(F)c1F. The van der Waals surface area contributed by atoms with Crippen LogP contribution in [0, 0.1) is 17.5 Å². The van der Waals surface area contributed by atoms with Crippen molar-refractivity contribution >= 4 is 12.6 Å². The number of hydrogen-bond acceptors (Lipinski definition) is 2. The average Bonchev–Trinajstić information content (AvgIpc) is 2.14. The standard InChI is InChI=1S/C6H4BF3O2.C2H6/c8-3-1-4(7(11)12)6(10)5(9)2-3;1-2/h1-2,11-12H;1-2H3. The topological polar surface area (TPSA) is 40.5 Å². The second kappa shape index (κ2) is 5.67. The van der Waals surface area contributed by atoms with Gasteiger partial charge in [-0.15, -0.1) is 0 Å². The van der Waals surface area contributed by atoms with Gasteiger partial charge in [0, 0.05) is 11.5 Å². The highest BCUT2D eigenvalue weighted by molar-refractivity contribution is 6.58. The second-order valence-electron chi connectivity index (χ2n) is 2.16. The molecule has 0 aliphatic carbocycles. The van der Waals surface area contributed by atoms with E-state index in [2.05, 4.69) is 0 Å². The van der Waals surface area contributed by atoms with Crippen molar-refractivity contribution in [3.63, 3.8) is 0 Å². The van der Waals surface area contributed by atoms with E-state index in [1.54, 1.807) is 0 Å². The van der Waals surface area contributed by atoms with E-state index in [0.29, 0.717) is 12.1 Å². The molecule has 1 rings (SSSR count). The minimum Gasteiger partial charge on any atom is -0.423 e. The summed E-state index contributed by atoms with van der Waals surface area (Å²) in [6.07, 6.45) is 0. The van der Waals surface area contributed by atoms with Gasteiger partial charge in [0.2, 0.25) is 0 Å². The molecule has 14 heavy (non-hydrogen) atoms. The van der Waals surface area contributed by atoms with Crippen LogP contribution in [0.4, 0.5) is 13.2 Å². The first-order valence-electron chi connectivity index (χ1n) is 4.03. The lowest BCUT2D eigenvalue weighted by atomic mass is 9.80. The zero-order valence-electron chi connectivity index (χ0n) is 7.76. The molecule has 2 nitrogen and oxygen atoms in total. The Kier molecular flexibility index (Phi) is 5.26. The van der Waals surface area contributed by atoms with Gasteiger partial charge in [0.05, 0.1) is 0 Å². The van der Waals surface area contributed by atoms with Crippen molar-refractivity contribution < 1.29 is 23.2 Å². The summed E-state index contributed by atoms with van der Waals surface area (Å²) in [5.74, 6) is -3.96. The molecular formula is C8H10BF3O2. The Hall–Kier alpha value is -1.01. The first kappa shape index (κ1) is 13.0. The molecular weight excluding hydrogens is 196 g/mol. The Morgan fingerprint density at radius 3 is 2.00 bits per heavy atom. The highest BCUT2D eigenvalue weighted by atomic mass is 19.2. The molecule has 0 saturated heterocycles. The van der Waals surface area contributed by atoms with Crippen LogP contribution in [0.25, 0.3) is 0 Å². The predicted molar refractivity (Wildman–Crippen MR) is 47.5 cm³/mol. The number of rotatable bonds is 1. The van der Waals surface area contributed by atoms with E-state index < -0.39 is 30.0 Å². The molecule has 0 radical (unpaired) electrons. The zero-order chi connectivity index (χ0) is 11.3. The molecule has 0 spiro atoms. The number of halogens is 3. The molecule has 0 fully saturated rings. The lowest BCUT2D eigenvalue weighted by molar-refractivity contribution is 0.418. The van der Waals surface area contributed by atoms with Crippen LogP contribution in [0.2, 0.25) is 0 Å². The quantitative estimate of drug-likeness (QED) is 0.527. The van der Waals surface area contributed by atoms with Gasteiger partial charge >= 0.3 is 7.12 Å². The molecule has 78 valence electrons. The fourth-order valence-electron chi connectivity index (χ4n) is 0.764. The molecule has 0 atom stereocenters. The molecule has 2 N–H and O–H groups in total. The molecule has 0 amide bonds. The predicted octanol–water partition coefficient (Wildman–Crippen LogP) is 0.810. The van der Waals surface area contributed by atoms with Crippen LogP contribution in [0.1, 0.15) is 13.8 Å². The van der Waals surface area contributed by atoms with Crippen LogP contribution in [0.3, 0.4) is 0 Å². The van der Waals surface area contributed by atoms with Crippen molar-refractivity contribution in [1.29, 1.82) is 0 Å². The van der Waals surface area contributed by atoms with Crippen LogP contribution < -0.4 is 5.46 Å². The zero-order valence-corrected chi connectivity index (χ0v) is 7.76. The maximum atomic E-state index is 12.6. The average molecular weight is 206 g/mol. The molecule has 0 aliphatic heterocycles. The van der Waals surface area contributed by atoms with E-state index in [4.69, 9.17) is 10.0 Å². The Morgan fingerprint density at radius 1 is 1.07 bits per heavy atom. The monoisotopic (exact) mass is 206 g/mol. The van der Waals surface area contributed by atoms with Crippen LogP contribution in [-0.4, -0.2) is 17.2 Å². The van der Waals surface area contributed by atoms with Gasteiger partial charge in [-0.3, -0.25) is 0 Å². The lowest BCUT2D eigenvalue weighted by Crippen LogP contribution is -2.33. The van der Waals surface area contributed by atoms with Crippen LogP contribution in [0.15, 0.2) is 12.1 Å². The van der Waals surface area contributed by atoms with E-state index in [1.807, 2.05) is 13.8 Å². The number of benzene rings is 1. The highest BCUT2D eigenvalue weighted by Gasteiger charge is 2.20. The minimum atomic E-state index is -2.21. The third-order valence-corrected chi connectivity index (χ3v) is 1.30. The Balaban J connectivity index is 0.000000791. The van der Waals surface area contributed by atoms with Crippen molar-refractivity contribution in [2.45, 2.75) is 13.8 Å². The Morgan fingerprint density at radius 2 is 1.57 bits per heavy atom. The minimum absolute atomic E-state index is 0.321. The van der Waals surface area contributed by atoms with E-state index in [0.717, 1.165) is 0 Å². The smallest absolute Gasteiger partial charge is 0.423 e. The molecule has 0 heterocycles. The van der Waals surface area contributed by atoms with E-state index >= 15 is 0 Å². The summed E-state index contributed by atoms with van der Waals surface area (Å²) in [7, 11) is -2.21. The summed E-state index contributed by atoms with van der Waals surface area (Å²) >= 11 is 0. The highest BCUT2D eigenvalue weighted by Crippen LogP contribution is 2.05. The van der Waals surface area contributed by atoms with Gasteiger partial charge in [0.15, 0.2) is 11.6 Å². The molecule has 0 unspecified atom stereocenters. The maximum absolute atomic E-state index is 12.6. The van der Waals surface area contributed by atoms with E-state index in [-0.39, 0.29) is 0 Å². The molecule has 6 heteroatoms. The van der Waals surface area contributed by atoms with Gasteiger partial charge in [-0.1, -0.05) is 13.8 Å². The largest absolute Gasteiger partial charge is 0.491 e. The van der Waals surface area contributed by atoms with Crippen molar-refractivity contribution in [1.82, 2.24) is 0 Å². The van der Waals surface area contributed by atoms with Gasteiger partial charge < -0.3 is 10.0 Å². The summed E-state index contributed by atoms with van der Waals surface area (Å²) in [5, 5.41) is 16.9. The molecule has 0 bridgehead atoms. The summed E-state index contributed by atoms with van der Waals surface area (Å²) in [6, 6.07) is 0.838. The van der Waals surface area contributed by atoms with Gasteiger partial charge in [0.1, 0.15) is 5.82 Å². The second-order valence-corrected chi connectivity index (χ2v) is 2.16. The summed E-state index contributed by atoms with van der Waals surface area (Å²) in [5.41, 5.74) is -0.812. The Bertz CT molecular complexity index is 305. The van der Waals surface area contributed by atoms with Crippen molar-refractivity contribution in [2.75, 3.05) is 0 Å². The third-order valence-electron chi connectivity index (χ3n) is 1.30. The first-order valence-corrected chi connectivity index (χ1v) is 4.03. The third kappa shape index (κ3) is 3.04. The van der Waals surface area contributed by atoms with Gasteiger partial charge in [-0.2, -0.15) is 0 Å². The normalized spacial score (nSPS) is 9.07. The van der Waals surface area contributed by atoms with Gasteiger partial charge in [0.25, 0.3) is 0 Å². The van der Waals surface area contributed by atoms with Crippen molar-refractivity contribution in [3.8, 4) is 0 Å². The van der Waals surface area contributed by atoms with E-state index in [1.165, 1.54) is 0 Å². The molecule has 1 aromatic rings. The van der Waals surface area contributed by atoms with Crippen LogP contribution in [-0.2, 0) is 0 Å². The molecule has 0 aromatic heterocycles. The fourth-order valence-corrected chi connectivity index (χ4v) is 0.764. The van der Waals surface area contributed by atoms with Crippen molar-refractivity contribution in [3.05, 3.63) is 29.6 Å². The van der Waals surface area contributed by atoms with Crippen molar-refractivity contribution in [2.24, 2.45) is 0 Å². The van der Waals surface area contributed by atoms with Gasteiger partial charge in [-0.05, 0) is 6.07 Å². The van der Waals surface area contributed by atoms with Gasteiger partial charge in [-0.25, -0.2) is 13.2 Å². The summed E-state index contributed by atoms with van der Waals surface area (Å²) in [6.45, 7) is 4.00. The van der Waals surface area contributed by atoms with Crippen LogP contribution >= 0.6 is 0 Å². The summed E-state index contributed by atoms with van der Waals surface area (Å²) in [4.78, 5) is 0. The summed E-state index contributed by atoms with van der Waals surface area (Å²) < 4.78 is 37.3. The molecule has 0 aliphatic rings. The molecule has 1 aromatic carbocycles. The number of hydrogen-bond donors (Lipinski definition) is 2. The maximum Gasteiger partial charge on any atom is 0.491 e. The fraction of sp³-hybridized carbons (Fsp3) is 0.250. The first-order chi connectivity index (χ1) is 6.52.